The van der Waals surface area contributed by atoms with Crippen molar-refractivity contribution < 1.29 is 29.6 Å². The predicted octanol–water partition coefficient (Wildman–Crippen LogP) is 6.71. The fourth-order valence-corrected chi connectivity index (χ4v) is 4.33. The maximum absolute atomic E-state index is 11.9. The molecule has 0 atom stereocenters. The van der Waals surface area contributed by atoms with E-state index in [-0.39, 0.29) is 12.0 Å². The molecule has 0 amide bonds. The molecule has 0 unspecified atom stereocenters. The Morgan fingerprint density at radius 3 is 2.37 bits per heavy atom. The number of aryl methyl sites for hydroxylation is 2. The SMILES string of the molecule is O=C(O)CCCn1cc(C(=O)O)c2c(C=Cc3ccc(OOCCCCc4ccccc4)cc3)cccc21. The molecule has 0 bridgehead atoms. The van der Waals surface area contributed by atoms with Crippen molar-refractivity contribution in [2.24, 2.45) is 0 Å². The van der Waals surface area contributed by atoms with Crippen LogP contribution in [-0.2, 0) is 22.6 Å². The molecule has 38 heavy (non-hydrogen) atoms. The number of hydrogen-bond donors (Lipinski definition) is 2. The zero-order valence-electron chi connectivity index (χ0n) is 21.1. The molecular weight excluding hydrogens is 482 g/mol. The Hall–Kier alpha value is -4.36. The van der Waals surface area contributed by atoms with E-state index in [1.54, 1.807) is 6.20 Å². The number of carbonyl (C=O) groups is 2. The lowest BCUT2D eigenvalue weighted by molar-refractivity contribution is -0.207. The predicted molar refractivity (Wildman–Crippen MR) is 147 cm³/mol. The van der Waals surface area contributed by atoms with Crippen LogP contribution in [0, 0.1) is 0 Å². The molecule has 1 aromatic heterocycles. The van der Waals surface area contributed by atoms with Crippen molar-refractivity contribution in [3.63, 3.8) is 0 Å². The van der Waals surface area contributed by atoms with E-state index in [9.17, 15) is 14.7 Å². The quantitative estimate of drug-likeness (QED) is 0.0842. The molecular formula is C31H31NO6. The van der Waals surface area contributed by atoms with Gasteiger partial charge in [0.2, 0.25) is 0 Å². The molecule has 0 aliphatic rings. The van der Waals surface area contributed by atoms with Crippen LogP contribution < -0.4 is 4.89 Å². The highest BCUT2D eigenvalue weighted by Gasteiger charge is 2.16. The minimum Gasteiger partial charge on any atom is -0.481 e. The summed E-state index contributed by atoms with van der Waals surface area (Å²) in [4.78, 5) is 33.5. The first-order valence-corrected chi connectivity index (χ1v) is 12.7. The first kappa shape index (κ1) is 26.7. The van der Waals surface area contributed by atoms with Gasteiger partial charge in [0.1, 0.15) is 0 Å². The van der Waals surface area contributed by atoms with Gasteiger partial charge in [-0.15, -0.1) is 0 Å². The Morgan fingerprint density at radius 2 is 1.63 bits per heavy atom. The number of unbranched alkanes of at least 4 members (excludes halogenated alkanes) is 1. The summed E-state index contributed by atoms with van der Waals surface area (Å²) in [5.41, 5.74) is 3.98. The van der Waals surface area contributed by atoms with Gasteiger partial charge < -0.3 is 19.7 Å². The molecule has 4 rings (SSSR count). The number of aromatic carboxylic acids is 1. The number of aliphatic carboxylic acids is 1. The number of benzene rings is 3. The minimum absolute atomic E-state index is 0.0285. The monoisotopic (exact) mass is 513 g/mol. The summed E-state index contributed by atoms with van der Waals surface area (Å²) < 4.78 is 1.81. The molecule has 0 aliphatic carbocycles. The molecule has 3 aromatic carbocycles. The summed E-state index contributed by atoms with van der Waals surface area (Å²) in [6.07, 6.45) is 8.78. The van der Waals surface area contributed by atoms with Crippen LogP contribution in [0.3, 0.4) is 0 Å². The fraction of sp³-hybridized carbons (Fsp3) is 0.226. The highest BCUT2D eigenvalue weighted by atomic mass is 17.2. The van der Waals surface area contributed by atoms with E-state index < -0.39 is 11.9 Å². The van der Waals surface area contributed by atoms with Gasteiger partial charge in [0, 0.05) is 30.1 Å². The molecule has 0 spiro atoms. The molecule has 196 valence electrons. The highest BCUT2D eigenvalue weighted by molar-refractivity contribution is 6.07. The van der Waals surface area contributed by atoms with Crippen molar-refractivity contribution in [1.82, 2.24) is 4.57 Å². The van der Waals surface area contributed by atoms with Crippen LogP contribution in [0.25, 0.3) is 23.1 Å². The van der Waals surface area contributed by atoms with Crippen LogP contribution in [0.5, 0.6) is 5.75 Å². The summed E-state index contributed by atoms with van der Waals surface area (Å²) in [7, 11) is 0. The van der Waals surface area contributed by atoms with E-state index in [2.05, 4.69) is 12.1 Å². The van der Waals surface area contributed by atoms with Gasteiger partial charge in [-0.1, -0.05) is 66.7 Å². The Bertz CT molecular complexity index is 1390. The lowest BCUT2D eigenvalue weighted by atomic mass is 10.0. The number of carboxylic acids is 2. The van der Waals surface area contributed by atoms with Crippen LogP contribution in [-0.4, -0.2) is 33.3 Å². The van der Waals surface area contributed by atoms with E-state index in [0.717, 1.165) is 35.9 Å². The minimum atomic E-state index is -1.02. The van der Waals surface area contributed by atoms with Gasteiger partial charge in [-0.2, -0.15) is 4.89 Å². The first-order chi connectivity index (χ1) is 18.5. The smallest absolute Gasteiger partial charge is 0.337 e. The average Bonchev–Trinajstić information content (AvgIpc) is 3.30. The third kappa shape index (κ3) is 7.33. The Balaban J connectivity index is 1.34. The molecule has 2 N–H and O–H groups in total. The van der Waals surface area contributed by atoms with Crippen molar-refractivity contribution in [3.8, 4) is 5.75 Å². The lowest BCUT2D eigenvalue weighted by Crippen LogP contribution is -2.01. The van der Waals surface area contributed by atoms with Gasteiger partial charge in [-0.05, 0) is 60.6 Å². The second-order valence-electron chi connectivity index (χ2n) is 9.03. The van der Waals surface area contributed by atoms with Crippen LogP contribution in [0.15, 0.2) is 79.0 Å². The zero-order chi connectivity index (χ0) is 26.7. The number of aromatic nitrogens is 1. The number of nitrogens with zero attached hydrogens (tertiary/aromatic N) is 1. The standard InChI is InChI=1S/C31H31NO6/c33-29(34)13-7-20-32-22-27(31(35)36)30-25(11-6-12-28(30)32)17-14-24-15-18-26(19-16-24)38-37-21-5-4-10-23-8-2-1-3-9-23/h1-3,6,8-9,11-12,14-19,22H,4-5,7,10,13,20-21H2,(H,33,34)(H,35,36). The van der Waals surface area contributed by atoms with Gasteiger partial charge in [0.05, 0.1) is 12.2 Å². The molecule has 4 aromatic rings. The molecule has 0 fully saturated rings. The summed E-state index contributed by atoms with van der Waals surface area (Å²) in [5, 5.41) is 19.3. The van der Waals surface area contributed by atoms with Gasteiger partial charge in [0.15, 0.2) is 5.75 Å². The fourth-order valence-electron chi connectivity index (χ4n) is 4.33. The molecule has 7 nitrogen and oxygen atoms in total. The molecule has 0 aliphatic heterocycles. The molecule has 7 heteroatoms. The number of carboxylic acid groups (broad SMARTS) is 2. The highest BCUT2D eigenvalue weighted by Crippen LogP contribution is 2.28. The largest absolute Gasteiger partial charge is 0.481 e. The summed E-state index contributed by atoms with van der Waals surface area (Å²) in [5.74, 6) is -1.28. The number of hydrogen-bond acceptors (Lipinski definition) is 4. The van der Waals surface area contributed by atoms with E-state index in [4.69, 9.17) is 14.9 Å². The van der Waals surface area contributed by atoms with Crippen LogP contribution in [0.2, 0.25) is 0 Å². The average molecular weight is 514 g/mol. The third-order valence-electron chi connectivity index (χ3n) is 6.24. The van der Waals surface area contributed by atoms with Crippen molar-refractivity contribution in [2.75, 3.05) is 6.61 Å². The Kier molecular flexibility index (Phi) is 9.32. The van der Waals surface area contributed by atoms with Crippen LogP contribution in [0.1, 0.15) is 52.7 Å². The van der Waals surface area contributed by atoms with E-state index in [1.807, 2.05) is 77.4 Å². The Labute approximate surface area is 221 Å². The molecule has 0 saturated carbocycles. The van der Waals surface area contributed by atoms with Crippen molar-refractivity contribution in [2.45, 2.75) is 38.6 Å². The molecule has 1 heterocycles. The Morgan fingerprint density at radius 1 is 0.842 bits per heavy atom. The van der Waals surface area contributed by atoms with Crippen LogP contribution >= 0.6 is 0 Å². The number of rotatable bonds is 14. The van der Waals surface area contributed by atoms with E-state index in [1.165, 1.54) is 5.56 Å². The second-order valence-corrected chi connectivity index (χ2v) is 9.03. The van der Waals surface area contributed by atoms with Crippen molar-refractivity contribution >= 4 is 35.0 Å². The van der Waals surface area contributed by atoms with Gasteiger partial charge in [-0.3, -0.25) is 4.79 Å². The zero-order valence-corrected chi connectivity index (χ0v) is 21.1. The topological polar surface area (TPSA) is 98.0 Å². The van der Waals surface area contributed by atoms with Gasteiger partial charge >= 0.3 is 11.9 Å². The van der Waals surface area contributed by atoms with Crippen molar-refractivity contribution in [3.05, 3.63) is 101 Å². The third-order valence-corrected chi connectivity index (χ3v) is 6.24. The summed E-state index contributed by atoms with van der Waals surface area (Å²) in [6.45, 7) is 0.945. The second kappa shape index (κ2) is 13.3. The molecule has 0 saturated heterocycles. The van der Waals surface area contributed by atoms with E-state index in [0.29, 0.717) is 30.7 Å². The van der Waals surface area contributed by atoms with E-state index >= 15 is 0 Å². The van der Waals surface area contributed by atoms with Crippen LogP contribution in [0.4, 0.5) is 0 Å². The lowest BCUT2D eigenvalue weighted by Gasteiger charge is -2.06. The maximum Gasteiger partial charge on any atom is 0.337 e. The summed E-state index contributed by atoms with van der Waals surface area (Å²) in [6, 6.07) is 23.4. The maximum atomic E-state index is 11.9. The first-order valence-electron chi connectivity index (χ1n) is 12.7. The van der Waals surface area contributed by atoms with Crippen molar-refractivity contribution in [1.29, 1.82) is 0 Å². The normalized spacial score (nSPS) is 11.3. The number of fused-ring (bicyclic) bond motifs is 1. The van der Waals surface area contributed by atoms with Gasteiger partial charge in [0.25, 0.3) is 0 Å². The summed E-state index contributed by atoms with van der Waals surface area (Å²) >= 11 is 0. The molecule has 0 radical (unpaired) electrons. The van der Waals surface area contributed by atoms with Gasteiger partial charge in [-0.25, -0.2) is 4.79 Å².